The Labute approximate surface area is 223 Å². The average molecular weight is 508 g/mol. The van der Waals surface area contributed by atoms with Gasteiger partial charge in [-0.2, -0.15) is 10.2 Å². The van der Waals surface area contributed by atoms with Crippen LogP contribution in [0, 0.1) is 0 Å². The zero-order chi connectivity index (χ0) is 27.0. The van der Waals surface area contributed by atoms with Gasteiger partial charge in [-0.15, -0.1) is 5.11 Å². The van der Waals surface area contributed by atoms with Crippen LogP contribution in [0.25, 0.3) is 10.8 Å². The summed E-state index contributed by atoms with van der Waals surface area (Å²) in [6, 6.07) is 26.2. The molecule has 0 aliphatic carbocycles. The van der Waals surface area contributed by atoms with Crippen LogP contribution in [-0.4, -0.2) is 17.2 Å². The van der Waals surface area contributed by atoms with Gasteiger partial charge in [0.05, 0.1) is 17.5 Å². The van der Waals surface area contributed by atoms with Crippen molar-refractivity contribution in [3.8, 4) is 5.75 Å². The number of amides is 1. The molecule has 4 rings (SSSR count). The van der Waals surface area contributed by atoms with E-state index >= 15 is 0 Å². The maximum absolute atomic E-state index is 12.9. The third-order valence-corrected chi connectivity index (χ3v) is 6.52. The molecule has 0 radical (unpaired) electrons. The molecule has 7 nitrogen and oxygen atoms in total. The fourth-order valence-electron chi connectivity index (χ4n) is 4.63. The summed E-state index contributed by atoms with van der Waals surface area (Å²) in [5.41, 5.74) is 11.6. The molecule has 0 unspecified atom stereocenters. The number of azo groups is 1. The van der Waals surface area contributed by atoms with Crippen LogP contribution in [0.5, 0.6) is 5.75 Å². The van der Waals surface area contributed by atoms with Crippen molar-refractivity contribution in [2.24, 2.45) is 21.1 Å². The Hall–Kier alpha value is -4.36. The largest absolute Gasteiger partial charge is 0.505 e. The lowest BCUT2D eigenvalue weighted by Gasteiger charge is -2.29. The van der Waals surface area contributed by atoms with Crippen molar-refractivity contribution in [1.29, 1.82) is 0 Å². The van der Waals surface area contributed by atoms with Crippen molar-refractivity contribution >= 4 is 34.3 Å². The summed E-state index contributed by atoms with van der Waals surface area (Å²) in [5, 5.41) is 25.2. The van der Waals surface area contributed by atoms with Crippen LogP contribution < -0.4 is 11.2 Å². The third-order valence-electron chi connectivity index (χ3n) is 6.52. The Bertz CT molecular complexity index is 1440. The fraction of sp³-hybridized carbons (Fsp3) is 0.226. The Morgan fingerprint density at radius 3 is 2.26 bits per heavy atom. The summed E-state index contributed by atoms with van der Waals surface area (Å²) in [4.78, 5) is 12.9. The molecule has 4 aromatic rings. The van der Waals surface area contributed by atoms with Gasteiger partial charge in [0.2, 0.25) is 0 Å². The normalized spacial score (nSPS) is 12.0. The second-order valence-corrected chi connectivity index (χ2v) is 9.36. The minimum Gasteiger partial charge on any atom is -0.505 e. The summed E-state index contributed by atoms with van der Waals surface area (Å²) < 4.78 is 0. The summed E-state index contributed by atoms with van der Waals surface area (Å²) in [7, 11) is 0. The highest BCUT2D eigenvalue weighted by Gasteiger charge is 2.25. The Morgan fingerprint density at radius 2 is 1.58 bits per heavy atom. The summed E-state index contributed by atoms with van der Waals surface area (Å²) in [6.45, 7) is 4.28. The number of fused-ring (bicyclic) bond motifs is 1. The van der Waals surface area contributed by atoms with Crippen LogP contribution >= 0.6 is 0 Å². The Morgan fingerprint density at radius 1 is 0.921 bits per heavy atom. The molecule has 0 saturated carbocycles. The van der Waals surface area contributed by atoms with Crippen molar-refractivity contribution in [2.75, 3.05) is 0 Å². The number of nitrogens with two attached hydrogens (primary N) is 1. The summed E-state index contributed by atoms with van der Waals surface area (Å²) in [6.07, 6.45) is 5.37. The lowest BCUT2D eigenvalue weighted by atomic mass is 9.83. The van der Waals surface area contributed by atoms with E-state index in [0.29, 0.717) is 11.1 Å². The van der Waals surface area contributed by atoms with E-state index < -0.39 is 5.91 Å². The number of aromatic hydroxyl groups is 1. The molecule has 1 amide bonds. The molecule has 0 spiro atoms. The van der Waals surface area contributed by atoms with E-state index in [9.17, 15) is 9.90 Å². The number of nitrogens with one attached hydrogen (secondary N) is 1. The van der Waals surface area contributed by atoms with E-state index in [2.05, 4.69) is 34.6 Å². The molecule has 0 aliphatic heterocycles. The first kappa shape index (κ1) is 26.7. The van der Waals surface area contributed by atoms with Crippen LogP contribution in [0.4, 0.5) is 11.4 Å². The van der Waals surface area contributed by atoms with Crippen molar-refractivity contribution in [3.63, 3.8) is 0 Å². The number of nitrogens with zero attached hydrogens (tertiary/aromatic N) is 3. The van der Waals surface area contributed by atoms with Gasteiger partial charge in [-0.1, -0.05) is 93.4 Å². The number of phenols is 1. The van der Waals surface area contributed by atoms with E-state index in [4.69, 9.17) is 5.73 Å². The smallest absolute Gasteiger partial charge is 0.275 e. The minimum atomic E-state index is -0.549. The van der Waals surface area contributed by atoms with E-state index in [0.717, 1.165) is 42.2 Å². The number of hydrogen-bond donors (Lipinski definition) is 3. The molecule has 38 heavy (non-hydrogen) atoms. The lowest BCUT2D eigenvalue weighted by molar-refractivity contribution is 0.0952. The predicted octanol–water partition coefficient (Wildman–Crippen LogP) is 7.48. The number of rotatable bonds is 10. The molecule has 0 heterocycles. The average Bonchev–Trinajstić information content (AvgIpc) is 2.93. The molecule has 194 valence electrons. The predicted molar refractivity (Wildman–Crippen MR) is 153 cm³/mol. The second-order valence-electron chi connectivity index (χ2n) is 9.36. The maximum Gasteiger partial charge on any atom is 0.275 e. The van der Waals surface area contributed by atoms with Crippen LogP contribution in [0.2, 0.25) is 0 Å². The molecule has 0 saturated heterocycles. The third kappa shape index (κ3) is 6.12. The van der Waals surface area contributed by atoms with Gasteiger partial charge in [0.25, 0.3) is 5.91 Å². The topological polar surface area (TPSA) is 112 Å². The van der Waals surface area contributed by atoms with E-state index in [1.165, 1.54) is 6.21 Å². The number of phenolic OH excluding ortho intramolecular Hbond substituents is 1. The highest BCUT2D eigenvalue weighted by atomic mass is 16.3. The number of hydrogen-bond acceptors (Lipinski definition) is 6. The van der Waals surface area contributed by atoms with Crippen molar-refractivity contribution in [1.82, 2.24) is 5.43 Å². The first-order chi connectivity index (χ1) is 18.4. The van der Waals surface area contributed by atoms with E-state index in [1.807, 2.05) is 78.9 Å². The number of carbonyl (C=O) groups excluding carboxylic acids is 1. The molecular formula is C31H33N5O2. The first-order valence-electron chi connectivity index (χ1n) is 12.9. The molecule has 7 heteroatoms. The van der Waals surface area contributed by atoms with Gasteiger partial charge in [0.15, 0.2) is 5.75 Å². The van der Waals surface area contributed by atoms with Crippen molar-refractivity contribution in [3.05, 3.63) is 102 Å². The standard InChI is InChI=1S/C31H33N5O2/c1-3-18-31(32,19-4-2)24-14-16-25(17-15-24)34-35-28-26-13-9-8-12-23(26)20-27(29(28)37)30(38)36-33-21-22-10-6-5-7-11-22/h5-17,20-21,37H,3-4,18-19,32H2,1-2H3,(H,36,38)/b33-21?,35-34-. The molecule has 0 bridgehead atoms. The lowest BCUT2D eigenvalue weighted by Crippen LogP contribution is -2.36. The second kappa shape index (κ2) is 12.3. The van der Waals surface area contributed by atoms with Crippen LogP contribution in [0.15, 0.2) is 100 Å². The van der Waals surface area contributed by atoms with Crippen LogP contribution in [0.3, 0.4) is 0 Å². The highest BCUT2D eigenvalue weighted by molar-refractivity contribution is 6.06. The van der Waals surface area contributed by atoms with Crippen molar-refractivity contribution in [2.45, 2.75) is 45.1 Å². The maximum atomic E-state index is 12.9. The van der Waals surface area contributed by atoms with Crippen LogP contribution in [-0.2, 0) is 5.54 Å². The number of hydrazone groups is 1. The van der Waals surface area contributed by atoms with Gasteiger partial charge in [-0.25, -0.2) is 5.43 Å². The fourth-order valence-corrected chi connectivity index (χ4v) is 4.63. The quantitative estimate of drug-likeness (QED) is 0.117. The minimum absolute atomic E-state index is 0.0604. The summed E-state index contributed by atoms with van der Waals surface area (Å²) >= 11 is 0. The van der Waals surface area contributed by atoms with Gasteiger partial charge in [0.1, 0.15) is 5.69 Å². The van der Waals surface area contributed by atoms with E-state index in [-0.39, 0.29) is 22.5 Å². The van der Waals surface area contributed by atoms with Gasteiger partial charge in [-0.3, -0.25) is 4.79 Å². The molecule has 0 fully saturated rings. The Kier molecular flexibility index (Phi) is 8.61. The Balaban J connectivity index is 1.62. The number of carbonyl (C=O) groups is 1. The zero-order valence-corrected chi connectivity index (χ0v) is 21.8. The summed E-state index contributed by atoms with van der Waals surface area (Å²) in [5.74, 6) is -0.810. The molecular weight excluding hydrogens is 474 g/mol. The molecule has 0 aromatic heterocycles. The van der Waals surface area contributed by atoms with Gasteiger partial charge in [0, 0.05) is 10.9 Å². The highest BCUT2D eigenvalue weighted by Crippen LogP contribution is 2.39. The van der Waals surface area contributed by atoms with Crippen molar-refractivity contribution < 1.29 is 9.90 Å². The number of benzene rings is 4. The first-order valence-corrected chi connectivity index (χ1v) is 12.9. The monoisotopic (exact) mass is 507 g/mol. The molecule has 4 aromatic carbocycles. The van der Waals surface area contributed by atoms with E-state index in [1.54, 1.807) is 6.07 Å². The van der Waals surface area contributed by atoms with Crippen LogP contribution in [0.1, 0.15) is 61.0 Å². The van der Waals surface area contributed by atoms with Gasteiger partial charge in [-0.05, 0) is 47.6 Å². The molecule has 0 aliphatic rings. The molecule has 0 atom stereocenters. The molecule has 4 N–H and O–H groups in total. The van der Waals surface area contributed by atoms with Gasteiger partial charge < -0.3 is 10.8 Å². The van der Waals surface area contributed by atoms with Gasteiger partial charge >= 0.3 is 0 Å². The zero-order valence-electron chi connectivity index (χ0n) is 21.8. The SMILES string of the molecule is CCCC(N)(CCC)c1ccc(/N=N\c2c(O)c(C(=O)NN=Cc3ccccc3)cc3ccccc23)cc1.